The Labute approximate surface area is 112 Å². The number of carbonyl (C=O) groups excluding carboxylic acids is 1. The van der Waals surface area contributed by atoms with Crippen LogP contribution in [0.25, 0.3) is 0 Å². The number of carboxylic acids is 1. The van der Waals surface area contributed by atoms with Gasteiger partial charge in [0, 0.05) is 6.42 Å². The van der Waals surface area contributed by atoms with Crippen LogP contribution in [0.5, 0.6) is 5.75 Å². The average molecular weight is 265 g/mol. The first-order chi connectivity index (χ1) is 8.93. The predicted octanol–water partition coefficient (Wildman–Crippen LogP) is 1.78. The van der Waals surface area contributed by atoms with Crippen molar-refractivity contribution in [3.05, 3.63) is 29.8 Å². The largest absolute Gasteiger partial charge is 0.497 e. The molecule has 0 radical (unpaired) electrons. The van der Waals surface area contributed by atoms with Gasteiger partial charge in [0.1, 0.15) is 11.8 Å². The van der Waals surface area contributed by atoms with E-state index in [4.69, 9.17) is 9.84 Å². The van der Waals surface area contributed by atoms with E-state index < -0.39 is 12.0 Å². The maximum Gasteiger partial charge on any atom is 0.325 e. The number of amides is 1. The van der Waals surface area contributed by atoms with E-state index in [0.29, 0.717) is 0 Å². The van der Waals surface area contributed by atoms with Gasteiger partial charge in [0.05, 0.1) is 7.11 Å². The summed E-state index contributed by atoms with van der Waals surface area (Å²) < 4.78 is 5.06. The fraction of sp³-hybridized carbons (Fsp3) is 0.429. The lowest BCUT2D eigenvalue weighted by molar-refractivity contribution is -0.141. The van der Waals surface area contributed by atoms with Gasteiger partial charge in [0.2, 0.25) is 5.91 Å². The predicted molar refractivity (Wildman–Crippen MR) is 71.3 cm³/mol. The molecule has 5 nitrogen and oxygen atoms in total. The normalized spacial score (nSPS) is 13.4. The monoisotopic (exact) mass is 265 g/mol. The molecule has 1 amide bonds. The highest BCUT2D eigenvalue weighted by atomic mass is 16.5. The highest BCUT2D eigenvalue weighted by molar-refractivity contribution is 5.83. The molecule has 0 bridgehead atoms. The number of carboxylic acid groups (broad SMARTS) is 1. The molecule has 0 heterocycles. The highest BCUT2D eigenvalue weighted by Gasteiger charge is 2.16. The van der Waals surface area contributed by atoms with Gasteiger partial charge in [-0.15, -0.1) is 0 Å². The molecule has 0 spiro atoms. The van der Waals surface area contributed by atoms with Crippen LogP contribution >= 0.6 is 0 Å². The van der Waals surface area contributed by atoms with E-state index in [2.05, 4.69) is 5.32 Å². The zero-order valence-corrected chi connectivity index (χ0v) is 11.3. The number of ether oxygens (including phenoxy) is 1. The third-order valence-electron chi connectivity index (χ3n) is 2.92. The zero-order chi connectivity index (χ0) is 14.4. The zero-order valence-electron chi connectivity index (χ0n) is 11.3. The van der Waals surface area contributed by atoms with Gasteiger partial charge in [-0.05, 0) is 30.5 Å². The number of nitrogens with one attached hydrogen (secondary N) is 1. The van der Waals surface area contributed by atoms with Crippen molar-refractivity contribution >= 4 is 11.9 Å². The first-order valence-electron chi connectivity index (χ1n) is 6.10. The first-order valence-corrected chi connectivity index (χ1v) is 6.10. The lowest BCUT2D eigenvalue weighted by Crippen LogP contribution is -2.38. The number of rotatable bonds is 6. The highest BCUT2D eigenvalue weighted by Crippen LogP contribution is 2.21. The molecule has 2 atom stereocenters. The van der Waals surface area contributed by atoms with Crippen LogP contribution in [0.2, 0.25) is 0 Å². The molecule has 1 rings (SSSR count). The number of carbonyl (C=O) groups is 2. The molecular formula is C14H19NO4. The Bertz CT molecular complexity index is 441. The van der Waals surface area contributed by atoms with E-state index in [9.17, 15) is 9.59 Å². The summed E-state index contributed by atoms with van der Waals surface area (Å²) in [6.45, 7) is 3.37. The van der Waals surface area contributed by atoms with E-state index in [1.807, 2.05) is 31.2 Å². The summed E-state index contributed by atoms with van der Waals surface area (Å²) in [6, 6.07) is 6.61. The van der Waals surface area contributed by atoms with Crippen molar-refractivity contribution in [2.75, 3.05) is 7.11 Å². The molecule has 0 fully saturated rings. The van der Waals surface area contributed by atoms with E-state index in [-0.39, 0.29) is 18.2 Å². The number of benzene rings is 1. The minimum Gasteiger partial charge on any atom is -0.497 e. The van der Waals surface area contributed by atoms with Crippen LogP contribution in [-0.4, -0.2) is 30.1 Å². The van der Waals surface area contributed by atoms with Crippen LogP contribution in [0.1, 0.15) is 31.7 Å². The van der Waals surface area contributed by atoms with Crippen molar-refractivity contribution in [3.8, 4) is 5.75 Å². The molecule has 0 aromatic heterocycles. The Balaban J connectivity index is 2.56. The van der Waals surface area contributed by atoms with Crippen LogP contribution in [0.3, 0.4) is 0 Å². The molecule has 5 heteroatoms. The van der Waals surface area contributed by atoms with E-state index in [0.717, 1.165) is 11.3 Å². The molecule has 0 aliphatic rings. The molecule has 1 aromatic rings. The first kappa shape index (κ1) is 15.0. The lowest BCUT2D eigenvalue weighted by Gasteiger charge is -2.14. The Kier molecular flexibility index (Phi) is 5.36. The second-order valence-corrected chi connectivity index (χ2v) is 4.51. The summed E-state index contributed by atoms with van der Waals surface area (Å²) in [7, 11) is 1.60. The molecule has 0 aliphatic heterocycles. The van der Waals surface area contributed by atoms with Gasteiger partial charge in [-0.25, -0.2) is 0 Å². The van der Waals surface area contributed by atoms with E-state index in [1.54, 1.807) is 7.11 Å². The molecule has 0 saturated heterocycles. The van der Waals surface area contributed by atoms with Crippen LogP contribution < -0.4 is 10.1 Å². The molecule has 1 aromatic carbocycles. The topological polar surface area (TPSA) is 75.6 Å². The summed E-state index contributed by atoms with van der Waals surface area (Å²) in [6.07, 6.45) is 0.254. The van der Waals surface area contributed by atoms with Crippen molar-refractivity contribution in [2.45, 2.75) is 32.2 Å². The smallest absolute Gasteiger partial charge is 0.325 e. The molecule has 0 aliphatic carbocycles. The van der Waals surface area contributed by atoms with Crippen molar-refractivity contribution in [1.29, 1.82) is 0 Å². The Morgan fingerprint density at radius 2 is 1.84 bits per heavy atom. The lowest BCUT2D eigenvalue weighted by atomic mass is 9.97. The minimum absolute atomic E-state index is 0.0203. The Morgan fingerprint density at radius 3 is 2.32 bits per heavy atom. The van der Waals surface area contributed by atoms with Crippen LogP contribution in [0, 0.1) is 0 Å². The van der Waals surface area contributed by atoms with Gasteiger partial charge in [-0.1, -0.05) is 19.1 Å². The number of methoxy groups -OCH3 is 1. The molecule has 2 N–H and O–H groups in total. The standard InChI is InChI=1S/C14H19NO4/c1-9(8-13(16)15-10(2)14(17)18)11-4-6-12(19-3)7-5-11/h4-7,9-10H,8H2,1-3H3,(H,15,16)(H,17,18). The number of hydrogen-bond acceptors (Lipinski definition) is 3. The summed E-state index contributed by atoms with van der Waals surface area (Å²) in [4.78, 5) is 22.3. The summed E-state index contributed by atoms with van der Waals surface area (Å²) in [5.74, 6) is -0.518. The second-order valence-electron chi connectivity index (χ2n) is 4.51. The van der Waals surface area contributed by atoms with Crippen LogP contribution in [0.15, 0.2) is 24.3 Å². The quantitative estimate of drug-likeness (QED) is 0.822. The van der Waals surface area contributed by atoms with Crippen LogP contribution in [-0.2, 0) is 9.59 Å². The van der Waals surface area contributed by atoms with Gasteiger partial charge < -0.3 is 15.2 Å². The summed E-state index contributed by atoms with van der Waals surface area (Å²) >= 11 is 0. The molecule has 0 saturated carbocycles. The van der Waals surface area contributed by atoms with Gasteiger partial charge in [0.25, 0.3) is 0 Å². The average Bonchev–Trinajstić information content (AvgIpc) is 2.38. The van der Waals surface area contributed by atoms with Gasteiger partial charge in [-0.3, -0.25) is 9.59 Å². The van der Waals surface area contributed by atoms with Crippen LogP contribution in [0.4, 0.5) is 0 Å². The van der Waals surface area contributed by atoms with Gasteiger partial charge >= 0.3 is 5.97 Å². The second kappa shape index (κ2) is 6.78. The fourth-order valence-electron chi connectivity index (χ4n) is 1.69. The molecule has 2 unspecified atom stereocenters. The van der Waals surface area contributed by atoms with Crippen molar-refractivity contribution in [1.82, 2.24) is 5.32 Å². The maximum atomic E-state index is 11.7. The summed E-state index contributed by atoms with van der Waals surface area (Å²) in [5, 5.41) is 11.2. The van der Waals surface area contributed by atoms with E-state index in [1.165, 1.54) is 6.92 Å². The number of hydrogen-bond donors (Lipinski definition) is 2. The number of aliphatic carboxylic acids is 1. The van der Waals surface area contributed by atoms with Crippen molar-refractivity contribution < 1.29 is 19.4 Å². The minimum atomic E-state index is -1.04. The third kappa shape index (κ3) is 4.62. The van der Waals surface area contributed by atoms with Crippen molar-refractivity contribution in [3.63, 3.8) is 0 Å². The molecule has 19 heavy (non-hydrogen) atoms. The Hall–Kier alpha value is -2.04. The van der Waals surface area contributed by atoms with E-state index >= 15 is 0 Å². The third-order valence-corrected chi connectivity index (χ3v) is 2.92. The van der Waals surface area contributed by atoms with Gasteiger partial charge in [0.15, 0.2) is 0 Å². The maximum absolute atomic E-state index is 11.7. The molecular weight excluding hydrogens is 246 g/mol. The summed E-state index contributed by atoms with van der Waals surface area (Å²) in [5.41, 5.74) is 1.01. The van der Waals surface area contributed by atoms with Crippen molar-refractivity contribution in [2.24, 2.45) is 0 Å². The molecule has 104 valence electrons. The fourth-order valence-corrected chi connectivity index (χ4v) is 1.69. The SMILES string of the molecule is COc1ccc(C(C)CC(=O)NC(C)C(=O)O)cc1. The Morgan fingerprint density at radius 1 is 1.26 bits per heavy atom. The van der Waals surface area contributed by atoms with Gasteiger partial charge in [-0.2, -0.15) is 0 Å².